The average molecular weight is 298 g/mol. The summed E-state index contributed by atoms with van der Waals surface area (Å²) in [5.74, 6) is 0.258. The predicted octanol–water partition coefficient (Wildman–Crippen LogP) is 3.35. The van der Waals surface area contributed by atoms with Crippen molar-refractivity contribution in [3.63, 3.8) is 0 Å². The Labute approximate surface area is 131 Å². The number of hydrogen-bond acceptors (Lipinski definition) is 3. The molecule has 0 aliphatic carbocycles. The first-order valence-electron chi connectivity index (χ1n) is 7.42. The van der Waals surface area contributed by atoms with Crippen LogP contribution < -0.4 is 10.6 Å². The van der Waals surface area contributed by atoms with Gasteiger partial charge in [0, 0.05) is 11.4 Å². The van der Waals surface area contributed by atoms with E-state index >= 15 is 0 Å². The summed E-state index contributed by atoms with van der Waals surface area (Å²) >= 11 is 0. The fourth-order valence-corrected chi connectivity index (χ4v) is 2.27. The van der Waals surface area contributed by atoms with Crippen molar-refractivity contribution in [1.82, 2.24) is 0 Å². The van der Waals surface area contributed by atoms with Gasteiger partial charge in [-0.05, 0) is 35.2 Å². The molecule has 0 unspecified atom stereocenters. The molecule has 0 heterocycles. The molecule has 4 heteroatoms. The number of nitrogens with one attached hydrogen (secondary N) is 2. The second-order valence-electron chi connectivity index (χ2n) is 5.50. The van der Waals surface area contributed by atoms with E-state index in [1.54, 1.807) is 0 Å². The van der Waals surface area contributed by atoms with Gasteiger partial charge in [-0.15, -0.1) is 0 Å². The standard InChI is InChI=1S/C18H22N2O2/c1-13(2)16-8-3-4-9-17(16)20-18(22)11-19-15-7-5-6-14(10-15)12-21/h3-10,13,19,21H,11-12H2,1-2H3,(H,20,22). The number of carbonyl (C=O) groups excluding carboxylic acids is 1. The summed E-state index contributed by atoms with van der Waals surface area (Å²) in [5.41, 5.74) is 3.61. The van der Waals surface area contributed by atoms with Gasteiger partial charge in [0.1, 0.15) is 0 Å². The van der Waals surface area contributed by atoms with Gasteiger partial charge in [0.2, 0.25) is 5.91 Å². The number of benzene rings is 2. The molecule has 0 bridgehead atoms. The first-order valence-corrected chi connectivity index (χ1v) is 7.42. The number of hydrogen-bond donors (Lipinski definition) is 3. The summed E-state index contributed by atoms with van der Waals surface area (Å²) in [6.07, 6.45) is 0. The smallest absolute Gasteiger partial charge is 0.243 e. The van der Waals surface area contributed by atoms with E-state index < -0.39 is 0 Å². The van der Waals surface area contributed by atoms with Gasteiger partial charge in [0.05, 0.1) is 13.2 Å². The van der Waals surface area contributed by atoms with E-state index in [1.165, 1.54) is 0 Å². The highest BCUT2D eigenvalue weighted by atomic mass is 16.3. The van der Waals surface area contributed by atoms with Gasteiger partial charge in [0.25, 0.3) is 0 Å². The number of carbonyl (C=O) groups is 1. The van der Waals surface area contributed by atoms with Crippen LogP contribution in [0.3, 0.4) is 0 Å². The van der Waals surface area contributed by atoms with Crippen LogP contribution in [0.15, 0.2) is 48.5 Å². The van der Waals surface area contributed by atoms with E-state index in [2.05, 4.69) is 24.5 Å². The Kier molecular flexibility index (Phi) is 5.55. The molecule has 116 valence electrons. The quantitative estimate of drug-likeness (QED) is 0.766. The third kappa shape index (κ3) is 4.33. The Balaban J connectivity index is 1.96. The maximum atomic E-state index is 12.1. The van der Waals surface area contributed by atoms with Crippen LogP contribution in [0, 0.1) is 0 Å². The van der Waals surface area contributed by atoms with Crippen molar-refractivity contribution < 1.29 is 9.90 Å². The lowest BCUT2D eigenvalue weighted by atomic mass is 10.0. The molecule has 4 nitrogen and oxygen atoms in total. The molecule has 0 aromatic heterocycles. The fourth-order valence-electron chi connectivity index (χ4n) is 2.27. The van der Waals surface area contributed by atoms with Crippen molar-refractivity contribution in [2.75, 3.05) is 17.2 Å². The third-order valence-electron chi connectivity index (χ3n) is 3.42. The van der Waals surface area contributed by atoms with E-state index in [9.17, 15) is 4.79 Å². The van der Waals surface area contributed by atoms with Gasteiger partial charge >= 0.3 is 0 Å². The molecule has 0 saturated heterocycles. The van der Waals surface area contributed by atoms with Crippen molar-refractivity contribution in [3.05, 3.63) is 59.7 Å². The second-order valence-corrected chi connectivity index (χ2v) is 5.50. The van der Waals surface area contributed by atoms with Crippen molar-refractivity contribution in [2.45, 2.75) is 26.4 Å². The van der Waals surface area contributed by atoms with E-state index in [4.69, 9.17) is 5.11 Å². The van der Waals surface area contributed by atoms with Crippen LogP contribution in [0.5, 0.6) is 0 Å². The van der Waals surface area contributed by atoms with Crippen LogP contribution in [0.25, 0.3) is 0 Å². The Morgan fingerprint density at radius 3 is 2.64 bits per heavy atom. The van der Waals surface area contributed by atoms with Gasteiger partial charge in [-0.1, -0.05) is 44.2 Å². The summed E-state index contributed by atoms with van der Waals surface area (Å²) in [5, 5.41) is 15.1. The van der Waals surface area contributed by atoms with Crippen molar-refractivity contribution in [2.24, 2.45) is 0 Å². The SMILES string of the molecule is CC(C)c1ccccc1NC(=O)CNc1cccc(CO)c1. The zero-order valence-corrected chi connectivity index (χ0v) is 13.0. The predicted molar refractivity (Wildman–Crippen MR) is 90.0 cm³/mol. The molecular formula is C18H22N2O2. The molecule has 2 rings (SSSR count). The first kappa shape index (κ1) is 16.0. The maximum absolute atomic E-state index is 12.1. The molecule has 0 saturated carbocycles. The third-order valence-corrected chi connectivity index (χ3v) is 3.42. The minimum absolute atomic E-state index is 0.0104. The van der Waals surface area contributed by atoms with E-state index in [0.29, 0.717) is 5.92 Å². The lowest BCUT2D eigenvalue weighted by Gasteiger charge is -2.14. The minimum Gasteiger partial charge on any atom is -0.392 e. The van der Waals surface area contributed by atoms with Gasteiger partial charge in [-0.2, -0.15) is 0 Å². The van der Waals surface area contributed by atoms with Crippen molar-refractivity contribution in [1.29, 1.82) is 0 Å². The normalized spacial score (nSPS) is 10.5. The lowest BCUT2D eigenvalue weighted by molar-refractivity contribution is -0.114. The van der Waals surface area contributed by atoms with Gasteiger partial charge in [-0.25, -0.2) is 0 Å². The Bertz CT molecular complexity index is 638. The molecule has 2 aromatic rings. The summed E-state index contributed by atoms with van der Waals surface area (Å²) < 4.78 is 0. The van der Waals surface area contributed by atoms with Crippen molar-refractivity contribution >= 4 is 17.3 Å². The van der Waals surface area contributed by atoms with Gasteiger partial charge in [0.15, 0.2) is 0 Å². The average Bonchev–Trinajstić information content (AvgIpc) is 2.53. The molecule has 22 heavy (non-hydrogen) atoms. The molecule has 3 N–H and O–H groups in total. The highest BCUT2D eigenvalue weighted by Crippen LogP contribution is 2.23. The monoisotopic (exact) mass is 298 g/mol. The molecule has 1 amide bonds. The number of aliphatic hydroxyl groups is 1. The molecule has 0 aliphatic heterocycles. The number of rotatable bonds is 6. The summed E-state index contributed by atoms with van der Waals surface area (Å²) in [4.78, 5) is 12.1. The summed E-state index contributed by atoms with van der Waals surface area (Å²) in [6, 6.07) is 15.2. The number of amides is 1. The Morgan fingerprint density at radius 2 is 1.91 bits per heavy atom. The van der Waals surface area contributed by atoms with Crippen molar-refractivity contribution in [3.8, 4) is 0 Å². The van der Waals surface area contributed by atoms with Crippen LogP contribution in [0.4, 0.5) is 11.4 Å². The lowest BCUT2D eigenvalue weighted by Crippen LogP contribution is -2.22. The van der Waals surface area contributed by atoms with Gasteiger partial charge < -0.3 is 15.7 Å². The molecule has 0 spiro atoms. The maximum Gasteiger partial charge on any atom is 0.243 e. The Morgan fingerprint density at radius 1 is 1.14 bits per heavy atom. The van der Waals surface area contributed by atoms with E-state index in [1.807, 2.05) is 48.5 Å². The molecule has 0 radical (unpaired) electrons. The van der Waals surface area contributed by atoms with Crippen LogP contribution in [-0.4, -0.2) is 17.6 Å². The summed E-state index contributed by atoms with van der Waals surface area (Å²) in [6.45, 7) is 4.37. The topological polar surface area (TPSA) is 61.4 Å². The molecule has 0 atom stereocenters. The highest BCUT2D eigenvalue weighted by Gasteiger charge is 2.09. The molecule has 0 fully saturated rings. The second kappa shape index (κ2) is 7.61. The van der Waals surface area contributed by atoms with E-state index in [-0.39, 0.29) is 19.1 Å². The molecule has 2 aromatic carbocycles. The zero-order chi connectivity index (χ0) is 15.9. The molecular weight excluding hydrogens is 276 g/mol. The summed E-state index contributed by atoms with van der Waals surface area (Å²) in [7, 11) is 0. The number of anilines is 2. The highest BCUT2D eigenvalue weighted by molar-refractivity contribution is 5.94. The zero-order valence-electron chi connectivity index (χ0n) is 13.0. The number of aliphatic hydroxyl groups excluding tert-OH is 1. The molecule has 0 aliphatic rings. The van der Waals surface area contributed by atoms with Crippen LogP contribution in [0.2, 0.25) is 0 Å². The van der Waals surface area contributed by atoms with Crippen LogP contribution >= 0.6 is 0 Å². The van der Waals surface area contributed by atoms with Gasteiger partial charge in [-0.3, -0.25) is 4.79 Å². The largest absolute Gasteiger partial charge is 0.392 e. The van der Waals surface area contributed by atoms with E-state index in [0.717, 1.165) is 22.5 Å². The fraction of sp³-hybridized carbons (Fsp3) is 0.278. The Hall–Kier alpha value is -2.33. The van der Waals surface area contributed by atoms with Crippen LogP contribution in [-0.2, 0) is 11.4 Å². The number of para-hydroxylation sites is 1. The van der Waals surface area contributed by atoms with Crippen LogP contribution in [0.1, 0.15) is 30.9 Å². The minimum atomic E-state index is -0.0949. The first-order chi connectivity index (χ1) is 10.6.